The summed E-state index contributed by atoms with van der Waals surface area (Å²) in [7, 11) is 0. The Morgan fingerprint density at radius 2 is 1.69 bits per heavy atom. The Morgan fingerprint density at radius 1 is 1.00 bits per heavy atom. The molecule has 2 nitrogen and oxygen atoms in total. The molecule has 1 heterocycles. The van der Waals surface area contributed by atoms with Crippen molar-refractivity contribution in [1.82, 2.24) is 4.90 Å². The van der Waals surface area contributed by atoms with E-state index in [0.717, 1.165) is 19.0 Å². The van der Waals surface area contributed by atoms with Crippen molar-refractivity contribution in [2.24, 2.45) is 5.92 Å². The molecule has 3 rings (SSSR count). The summed E-state index contributed by atoms with van der Waals surface area (Å²) < 4.78 is 0. The molecule has 0 amide bonds. The molecule has 1 aliphatic carbocycles. The van der Waals surface area contributed by atoms with Gasteiger partial charge in [-0.25, -0.2) is 0 Å². The van der Waals surface area contributed by atoms with E-state index in [9.17, 15) is 4.79 Å². The van der Waals surface area contributed by atoms with E-state index in [2.05, 4.69) is 36.1 Å². The molecule has 1 aliphatic heterocycles. The van der Waals surface area contributed by atoms with Gasteiger partial charge in [-0.15, -0.1) is 0 Å². The zero-order valence-corrected chi connectivity index (χ0v) is 16.9. The van der Waals surface area contributed by atoms with Gasteiger partial charge in [0.2, 0.25) is 0 Å². The molecule has 1 aromatic carbocycles. The molecule has 1 saturated heterocycles. The Balaban J connectivity index is 1.38. The van der Waals surface area contributed by atoms with E-state index in [1.807, 2.05) is 0 Å². The standard InChI is InChI=1S/C24H37NO/c1-3-4-5-6-7-8-9-20-10-12-21(13-11-20)22-14-15-24(16-22)25-17-23(18-25)19(2)26/h10-13,22-24H,3-9,14-18H2,1-2H3. The highest BCUT2D eigenvalue weighted by Crippen LogP contribution is 2.39. The lowest BCUT2D eigenvalue weighted by molar-refractivity contribution is -0.126. The van der Waals surface area contributed by atoms with Crippen molar-refractivity contribution in [3.05, 3.63) is 35.4 Å². The van der Waals surface area contributed by atoms with Crippen LogP contribution in [0.25, 0.3) is 0 Å². The van der Waals surface area contributed by atoms with Crippen molar-refractivity contribution in [1.29, 1.82) is 0 Å². The summed E-state index contributed by atoms with van der Waals surface area (Å²) >= 11 is 0. The van der Waals surface area contributed by atoms with Crippen molar-refractivity contribution >= 4 is 5.78 Å². The first-order valence-electron chi connectivity index (χ1n) is 11.0. The van der Waals surface area contributed by atoms with Crippen molar-refractivity contribution in [3.63, 3.8) is 0 Å². The SMILES string of the molecule is CCCCCCCCc1ccc(C2CCC(N3CC(C(C)=O)C3)C2)cc1. The normalized spacial score (nSPS) is 23.9. The second kappa shape index (κ2) is 9.69. The average molecular weight is 356 g/mol. The number of carbonyl (C=O) groups excluding carboxylic acids is 1. The smallest absolute Gasteiger partial charge is 0.135 e. The number of likely N-dealkylation sites (tertiary alicyclic amines) is 1. The lowest BCUT2D eigenvalue weighted by Gasteiger charge is -2.42. The zero-order valence-electron chi connectivity index (χ0n) is 16.9. The van der Waals surface area contributed by atoms with Gasteiger partial charge in [-0.3, -0.25) is 9.69 Å². The number of hydrogen-bond acceptors (Lipinski definition) is 2. The van der Waals surface area contributed by atoms with Gasteiger partial charge in [0.25, 0.3) is 0 Å². The van der Waals surface area contributed by atoms with E-state index in [4.69, 9.17) is 0 Å². The number of Topliss-reactive ketones (excluding diaryl/α,β-unsaturated/α-hetero) is 1. The molecule has 2 unspecified atom stereocenters. The van der Waals surface area contributed by atoms with Gasteiger partial charge in [-0.2, -0.15) is 0 Å². The van der Waals surface area contributed by atoms with E-state index in [0.29, 0.717) is 17.7 Å². The molecule has 1 aromatic rings. The van der Waals surface area contributed by atoms with Gasteiger partial charge in [0.15, 0.2) is 0 Å². The molecule has 26 heavy (non-hydrogen) atoms. The predicted octanol–water partition coefficient (Wildman–Crippen LogP) is 5.75. The van der Waals surface area contributed by atoms with Crippen LogP contribution in [0, 0.1) is 5.92 Å². The predicted molar refractivity (Wildman–Crippen MR) is 110 cm³/mol. The minimum Gasteiger partial charge on any atom is -0.300 e. The van der Waals surface area contributed by atoms with Crippen LogP contribution in [-0.4, -0.2) is 29.8 Å². The molecule has 144 valence electrons. The molecule has 0 spiro atoms. The van der Waals surface area contributed by atoms with Gasteiger partial charge in [0, 0.05) is 25.0 Å². The second-order valence-corrected chi connectivity index (χ2v) is 8.68. The third kappa shape index (κ3) is 5.19. The Morgan fingerprint density at radius 3 is 2.38 bits per heavy atom. The molecule has 2 aliphatic rings. The van der Waals surface area contributed by atoms with Crippen LogP contribution in [-0.2, 0) is 11.2 Å². The lowest BCUT2D eigenvalue weighted by Crippen LogP contribution is -2.53. The summed E-state index contributed by atoms with van der Waals surface area (Å²) in [6.45, 7) is 6.03. The molecule has 0 bridgehead atoms. The van der Waals surface area contributed by atoms with Crippen LogP contribution < -0.4 is 0 Å². The maximum Gasteiger partial charge on any atom is 0.135 e. The fourth-order valence-corrected chi connectivity index (χ4v) is 4.73. The van der Waals surface area contributed by atoms with Crippen LogP contribution in [0.4, 0.5) is 0 Å². The van der Waals surface area contributed by atoms with E-state index in [-0.39, 0.29) is 0 Å². The first-order chi connectivity index (χ1) is 12.7. The Kier molecular flexibility index (Phi) is 7.31. The fraction of sp³-hybridized carbons (Fsp3) is 0.708. The van der Waals surface area contributed by atoms with Crippen LogP contribution in [0.15, 0.2) is 24.3 Å². The van der Waals surface area contributed by atoms with Crippen LogP contribution in [0.3, 0.4) is 0 Å². The first-order valence-corrected chi connectivity index (χ1v) is 11.0. The number of rotatable bonds is 10. The largest absolute Gasteiger partial charge is 0.300 e. The van der Waals surface area contributed by atoms with Crippen molar-refractivity contribution in [3.8, 4) is 0 Å². The Bertz CT molecular complexity index is 558. The Hall–Kier alpha value is -1.15. The van der Waals surface area contributed by atoms with Crippen molar-refractivity contribution < 1.29 is 4.79 Å². The summed E-state index contributed by atoms with van der Waals surface area (Å²) in [6.07, 6.45) is 13.4. The Labute approximate surface area is 160 Å². The molecule has 0 aromatic heterocycles. The summed E-state index contributed by atoms with van der Waals surface area (Å²) in [6, 6.07) is 10.2. The summed E-state index contributed by atoms with van der Waals surface area (Å²) in [5.74, 6) is 1.41. The molecule has 1 saturated carbocycles. The van der Waals surface area contributed by atoms with Crippen molar-refractivity contribution in [2.75, 3.05) is 13.1 Å². The minimum absolute atomic E-state index is 0.315. The van der Waals surface area contributed by atoms with Crippen molar-refractivity contribution in [2.45, 2.75) is 90.0 Å². The molecule has 0 N–H and O–H groups in total. The maximum atomic E-state index is 11.4. The number of hydrogen-bond donors (Lipinski definition) is 0. The van der Waals surface area contributed by atoms with Gasteiger partial charge >= 0.3 is 0 Å². The number of aryl methyl sites for hydroxylation is 1. The molecule has 2 heteroatoms. The molecule has 0 radical (unpaired) electrons. The summed E-state index contributed by atoms with van der Waals surface area (Å²) in [4.78, 5) is 14.0. The summed E-state index contributed by atoms with van der Waals surface area (Å²) in [5.41, 5.74) is 3.04. The van der Waals surface area contributed by atoms with Gasteiger partial charge in [-0.1, -0.05) is 63.3 Å². The highest BCUT2D eigenvalue weighted by molar-refractivity contribution is 5.79. The monoisotopic (exact) mass is 355 g/mol. The molecular weight excluding hydrogens is 318 g/mol. The topological polar surface area (TPSA) is 20.3 Å². The average Bonchev–Trinajstić information content (AvgIpc) is 3.06. The lowest BCUT2D eigenvalue weighted by atomic mass is 9.92. The highest BCUT2D eigenvalue weighted by Gasteiger charge is 2.38. The highest BCUT2D eigenvalue weighted by atomic mass is 16.1. The maximum absolute atomic E-state index is 11.4. The van der Waals surface area contributed by atoms with Crippen LogP contribution >= 0.6 is 0 Å². The first kappa shape index (κ1) is 19.6. The van der Waals surface area contributed by atoms with Crippen LogP contribution in [0.1, 0.15) is 88.7 Å². The van der Waals surface area contributed by atoms with Gasteiger partial charge in [-0.05, 0) is 56.1 Å². The van der Waals surface area contributed by atoms with E-state index in [1.54, 1.807) is 6.92 Å². The number of benzene rings is 1. The van der Waals surface area contributed by atoms with Crippen LogP contribution in [0.2, 0.25) is 0 Å². The minimum atomic E-state index is 0.315. The number of nitrogens with zero attached hydrogens (tertiary/aromatic N) is 1. The molecular formula is C24H37NO. The van der Waals surface area contributed by atoms with E-state index >= 15 is 0 Å². The van der Waals surface area contributed by atoms with Crippen LogP contribution in [0.5, 0.6) is 0 Å². The second-order valence-electron chi connectivity index (χ2n) is 8.68. The van der Waals surface area contributed by atoms with Gasteiger partial charge < -0.3 is 0 Å². The molecule has 2 fully saturated rings. The number of ketones is 1. The molecule has 2 atom stereocenters. The number of carbonyl (C=O) groups is 1. The van der Waals surface area contributed by atoms with E-state index in [1.165, 1.54) is 75.3 Å². The van der Waals surface area contributed by atoms with Gasteiger partial charge in [0.05, 0.1) is 0 Å². The third-order valence-electron chi connectivity index (χ3n) is 6.68. The van der Waals surface area contributed by atoms with Gasteiger partial charge in [0.1, 0.15) is 5.78 Å². The zero-order chi connectivity index (χ0) is 18.4. The number of unbranched alkanes of at least 4 members (excludes halogenated alkanes) is 5. The summed E-state index contributed by atoms with van der Waals surface area (Å²) in [5, 5.41) is 0. The third-order valence-corrected chi connectivity index (χ3v) is 6.68. The quantitative estimate of drug-likeness (QED) is 0.498. The van der Waals surface area contributed by atoms with E-state index < -0.39 is 0 Å². The fourth-order valence-electron chi connectivity index (χ4n) is 4.73.